The Balaban J connectivity index is 0.000000532. The molecule has 0 bridgehead atoms. The fourth-order valence-corrected chi connectivity index (χ4v) is 4.37. The Bertz CT molecular complexity index is 1600. The second-order valence-corrected chi connectivity index (χ2v) is 9.12. The van der Waals surface area contributed by atoms with Crippen molar-refractivity contribution in [3.8, 4) is 33.8 Å². The average molecular weight is 578 g/mol. The molecule has 0 fully saturated rings. The number of primary sulfonamides is 1. The molecule has 0 amide bonds. The number of carbonyl (C=O) groups is 1. The summed E-state index contributed by atoms with van der Waals surface area (Å²) in [5, 5.41) is 26.8. The molecule has 39 heavy (non-hydrogen) atoms. The van der Waals surface area contributed by atoms with Crippen molar-refractivity contribution in [3.63, 3.8) is 0 Å². The molecule has 0 spiro atoms. The van der Waals surface area contributed by atoms with Gasteiger partial charge in [-0.1, -0.05) is 30.3 Å². The minimum absolute atomic E-state index is 0.132. The van der Waals surface area contributed by atoms with Gasteiger partial charge in [-0.3, -0.25) is 5.73 Å². The highest BCUT2D eigenvalue weighted by molar-refractivity contribution is 7.89. The maximum Gasteiger partial charge on any atom is 0.430 e. The quantitative estimate of drug-likeness (QED) is 0.202. The first kappa shape index (κ1) is 29.0. The predicted octanol–water partition coefficient (Wildman–Crippen LogP) is 0.900. The van der Waals surface area contributed by atoms with E-state index in [-0.39, 0.29) is 11.4 Å². The molecular formula is C20H16F6N8O4S. The molecule has 6 N–H and O–H groups in total. The average Bonchev–Trinajstić information content (AvgIpc) is 3.47. The van der Waals surface area contributed by atoms with E-state index in [9.17, 15) is 34.8 Å². The zero-order valence-corrected chi connectivity index (χ0v) is 20.1. The Morgan fingerprint density at radius 3 is 2.00 bits per heavy atom. The first-order valence-corrected chi connectivity index (χ1v) is 11.7. The number of hydrogen-bond donors (Lipinski definition) is 4. The lowest BCUT2D eigenvalue weighted by atomic mass is 9.95. The summed E-state index contributed by atoms with van der Waals surface area (Å²) in [7, 11) is -3.06. The van der Waals surface area contributed by atoms with Crippen LogP contribution in [0.2, 0.25) is 0 Å². The molecule has 0 unspecified atom stereocenters. The van der Waals surface area contributed by atoms with Crippen LogP contribution < -0.4 is 20.5 Å². The van der Waals surface area contributed by atoms with Crippen molar-refractivity contribution < 1.29 is 49.2 Å². The molecular weight excluding hydrogens is 562 g/mol. The second kappa shape index (κ2) is 10.3. The van der Waals surface area contributed by atoms with Gasteiger partial charge in [0.05, 0.1) is 18.2 Å². The fraction of sp³-hybridized carbons (Fsp3) is 0.150. The number of tetrazole rings is 1. The van der Waals surface area contributed by atoms with Gasteiger partial charge < -0.3 is 9.90 Å². The van der Waals surface area contributed by atoms with Crippen LogP contribution in [0.4, 0.5) is 32.3 Å². The van der Waals surface area contributed by atoms with Gasteiger partial charge in [0.1, 0.15) is 22.8 Å². The lowest BCUT2D eigenvalue weighted by Crippen LogP contribution is -2.37. The van der Waals surface area contributed by atoms with E-state index in [1.54, 1.807) is 42.1 Å². The predicted molar refractivity (Wildman–Crippen MR) is 118 cm³/mol. The smallest absolute Gasteiger partial charge is 0.430 e. The van der Waals surface area contributed by atoms with Gasteiger partial charge in [-0.25, -0.2) is 23.1 Å². The summed E-state index contributed by atoms with van der Waals surface area (Å²) < 4.78 is 98.6. The fourth-order valence-electron chi connectivity index (χ4n) is 3.39. The topological polar surface area (TPSA) is 200 Å². The number of nitrogens with zero attached hydrogens (tertiary/aromatic N) is 4. The molecule has 2 heterocycles. The van der Waals surface area contributed by atoms with Crippen molar-refractivity contribution in [1.82, 2.24) is 25.6 Å². The van der Waals surface area contributed by atoms with Crippen LogP contribution in [0.5, 0.6) is 0 Å². The molecule has 0 aliphatic heterocycles. The maximum absolute atomic E-state index is 13.6. The summed E-state index contributed by atoms with van der Waals surface area (Å²) in [5.41, 5.74) is 6.06. The molecule has 2 aromatic heterocycles. The third-order valence-electron chi connectivity index (χ3n) is 5.12. The van der Waals surface area contributed by atoms with E-state index in [2.05, 4.69) is 25.6 Å². The Hall–Kier alpha value is -4.52. The van der Waals surface area contributed by atoms with Crippen LogP contribution in [0, 0.1) is 0 Å². The van der Waals surface area contributed by atoms with E-state index < -0.39 is 44.4 Å². The Kier molecular flexibility index (Phi) is 7.69. The van der Waals surface area contributed by atoms with Crippen molar-refractivity contribution in [3.05, 3.63) is 48.2 Å². The number of carboxylic acid groups (broad SMARTS) is 1. The number of hydrogen-bond acceptors (Lipinski definition) is 8. The monoisotopic (exact) mass is 578 g/mol. The van der Waals surface area contributed by atoms with E-state index in [4.69, 9.17) is 20.8 Å². The molecule has 0 radical (unpaired) electrons. The summed E-state index contributed by atoms with van der Waals surface area (Å²) in [6.07, 6.45) is -8.47. The van der Waals surface area contributed by atoms with Gasteiger partial charge in [0, 0.05) is 5.56 Å². The number of sulfonamides is 1. The molecule has 0 aliphatic rings. The van der Waals surface area contributed by atoms with Crippen LogP contribution in [-0.2, 0) is 28.0 Å². The van der Waals surface area contributed by atoms with Crippen molar-refractivity contribution in [2.45, 2.75) is 17.2 Å². The number of H-pyrrole nitrogens is 2. The number of imidazole rings is 1. The van der Waals surface area contributed by atoms with Gasteiger partial charge in [-0.2, -0.15) is 31.6 Å². The Morgan fingerprint density at radius 2 is 1.59 bits per heavy atom. The van der Waals surface area contributed by atoms with E-state index >= 15 is 0 Å². The number of aromatic nitrogens is 6. The summed E-state index contributed by atoms with van der Waals surface area (Å²) in [6.45, 7) is 0. The second-order valence-electron chi connectivity index (χ2n) is 7.62. The highest BCUT2D eigenvalue weighted by atomic mass is 32.2. The van der Waals surface area contributed by atoms with Crippen molar-refractivity contribution >= 4 is 21.9 Å². The van der Waals surface area contributed by atoms with Crippen LogP contribution in [0.25, 0.3) is 33.8 Å². The lowest BCUT2D eigenvalue weighted by molar-refractivity contribution is -0.644. The molecule has 4 rings (SSSR count). The highest BCUT2D eigenvalue weighted by Crippen LogP contribution is 2.43. The molecule has 0 saturated carbocycles. The number of benzene rings is 2. The van der Waals surface area contributed by atoms with Crippen molar-refractivity contribution in [2.24, 2.45) is 12.2 Å². The molecule has 12 nitrogen and oxygen atoms in total. The van der Waals surface area contributed by atoms with E-state index in [1.165, 1.54) is 0 Å². The largest absolute Gasteiger partial charge is 0.542 e. The molecule has 4 aromatic rings. The van der Waals surface area contributed by atoms with Gasteiger partial charge >= 0.3 is 18.3 Å². The third kappa shape index (κ3) is 6.32. The van der Waals surface area contributed by atoms with E-state index in [0.29, 0.717) is 17.6 Å². The number of aromatic amines is 2. The SMILES string of the molecule is C[n+]1c(-c2ccc(-c3ccc(C(F)(F)F)c(S(N)(=O)=O)c3-c3nn[nH]n3)cc2)c[nH]c1N.O=C([O-])C(F)(F)F. The lowest BCUT2D eigenvalue weighted by Gasteiger charge is -2.17. The number of aliphatic carboxylic acids is 1. The molecule has 0 saturated heterocycles. The Labute approximate surface area is 214 Å². The van der Waals surface area contributed by atoms with Gasteiger partial charge in [0.25, 0.3) is 0 Å². The number of nitrogens with one attached hydrogen (secondary N) is 2. The maximum atomic E-state index is 13.6. The van der Waals surface area contributed by atoms with E-state index in [1.807, 2.05) is 0 Å². The summed E-state index contributed by atoms with van der Waals surface area (Å²) in [4.78, 5) is 10.5. The zero-order chi connectivity index (χ0) is 29.3. The van der Waals surface area contributed by atoms with Crippen LogP contribution in [0.1, 0.15) is 5.56 Å². The highest BCUT2D eigenvalue weighted by Gasteiger charge is 2.40. The van der Waals surface area contributed by atoms with Gasteiger partial charge in [-0.15, -0.1) is 10.2 Å². The zero-order valence-electron chi connectivity index (χ0n) is 19.3. The third-order valence-corrected chi connectivity index (χ3v) is 6.11. The molecule has 2 aromatic carbocycles. The summed E-state index contributed by atoms with van der Waals surface area (Å²) >= 11 is 0. The first-order chi connectivity index (χ1) is 17.9. The molecule has 208 valence electrons. The summed E-state index contributed by atoms with van der Waals surface area (Å²) in [6, 6.07) is 8.49. The van der Waals surface area contributed by atoms with E-state index in [0.717, 1.165) is 17.3 Å². The van der Waals surface area contributed by atoms with Gasteiger partial charge in [0.2, 0.25) is 15.8 Å². The number of carboxylic acids is 1. The van der Waals surface area contributed by atoms with Gasteiger partial charge in [0.15, 0.2) is 0 Å². The van der Waals surface area contributed by atoms with Crippen LogP contribution >= 0.6 is 0 Å². The number of nitrogen functional groups attached to an aromatic ring is 1. The standard InChI is InChI=1S/C18H15F3N8O2S.C2HF3O2/c1-29-13(8-24-17(29)22)10-4-2-9(3-5-10)11-6-7-12(18(19,20)21)15(32(23,30)31)14(11)16-25-27-28-26-16;3-2(4,5)1(6)7/h2-8H,1H3,(H5,22,23,24,25,26,27,28,30,31);(H,6,7). The first-order valence-electron chi connectivity index (χ1n) is 10.2. The minimum atomic E-state index is -5.19. The number of alkyl halides is 6. The number of rotatable bonds is 4. The van der Waals surface area contributed by atoms with Gasteiger partial charge in [-0.05, 0) is 22.4 Å². The molecule has 19 heteroatoms. The normalized spacial score (nSPS) is 12.1. The number of anilines is 1. The minimum Gasteiger partial charge on any atom is -0.542 e. The Morgan fingerprint density at radius 1 is 1.03 bits per heavy atom. The van der Waals surface area contributed by atoms with Crippen LogP contribution in [-0.4, -0.2) is 46.2 Å². The summed E-state index contributed by atoms with van der Waals surface area (Å²) in [5.74, 6) is -2.92. The van der Waals surface area contributed by atoms with Crippen molar-refractivity contribution in [2.75, 3.05) is 5.73 Å². The van der Waals surface area contributed by atoms with Crippen LogP contribution in [0.3, 0.4) is 0 Å². The number of halogens is 6. The number of nitrogens with two attached hydrogens (primary N) is 2. The van der Waals surface area contributed by atoms with Crippen LogP contribution in [0.15, 0.2) is 47.5 Å². The number of carbonyl (C=O) groups excluding carboxylic acids is 1. The van der Waals surface area contributed by atoms with Crippen molar-refractivity contribution in [1.29, 1.82) is 0 Å². The molecule has 0 aliphatic carbocycles. The molecule has 0 atom stereocenters.